The largest absolute Gasteiger partial charge is 0.454 e. The Morgan fingerprint density at radius 2 is 2.16 bits per heavy atom. The normalized spacial score (nSPS) is 10.7. The van der Waals surface area contributed by atoms with Crippen molar-refractivity contribution in [2.75, 3.05) is 5.73 Å². The van der Waals surface area contributed by atoms with Gasteiger partial charge in [-0.05, 0) is 19.9 Å². The maximum atomic E-state index is 10.6. The van der Waals surface area contributed by atoms with Crippen molar-refractivity contribution in [2.45, 2.75) is 19.9 Å². The van der Waals surface area contributed by atoms with E-state index in [2.05, 4.69) is 5.10 Å². The molecule has 1 aromatic carbocycles. The van der Waals surface area contributed by atoms with Crippen LogP contribution in [-0.4, -0.2) is 14.7 Å². The van der Waals surface area contributed by atoms with E-state index >= 15 is 0 Å². The van der Waals surface area contributed by atoms with Crippen molar-refractivity contribution < 1.29 is 9.66 Å². The molecule has 2 aromatic rings. The number of hydrogen-bond donors (Lipinski definition) is 1. The average Bonchev–Trinajstić information content (AvgIpc) is 2.77. The summed E-state index contributed by atoms with van der Waals surface area (Å²) in [5.74, 6) is 0.994. The monoisotopic (exact) mass is 262 g/mol. The Bertz CT molecular complexity index is 607. The number of aromatic nitrogens is 2. The molecule has 19 heavy (non-hydrogen) atoms. The molecule has 7 heteroatoms. The lowest BCUT2D eigenvalue weighted by Gasteiger charge is -2.05. The molecule has 0 bridgehead atoms. The second kappa shape index (κ2) is 4.97. The molecule has 0 spiro atoms. The van der Waals surface area contributed by atoms with E-state index in [0.717, 1.165) is 0 Å². The molecule has 0 amide bonds. The summed E-state index contributed by atoms with van der Waals surface area (Å²) in [5.41, 5.74) is 5.52. The Hall–Kier alpha value is -2.57. The second-order valence-electron chi connectivity index (χ2n) is 4.33. The number of nitro groups is 1. The highest BCUT2D eigenvalue weighted by atomic mass is 16.6. The Labute approximate surface area is 109 Å². The zero-order chi connectivity index (χ0) is 14.0. The van der Waals surface area contributed by atoms with E-state index < -0.39 is 4.92 Å². The third-order valence-electron chi connectivity index (χ3n) is 2.54. The first-order valence-electron chi connectivity index (χ1n) is 5.73. The van der Waals surface area contributed by atoms with E-state index in [9.17, 15) is 10.1 Å². The summed E-state index contributed by atoms with van der Waals surface area (Å²) in [4.78, 5) is 10.1. The summed E-state index contributed by atoms with van der Waals surface area (Å²) in [7, 11) is 0. The summed E-state index contributed by atoms with van der Waals surface area (Å²) < 4.78 is 7.29. The number of hydrogen-bond acceptors (Lipinski definition) is 5. The predicted octanol–water partition coefficient (Wildman–Crippen LogP) is 2.75. The molecule has 1 heterocycles. The summed E-state index contributed by atoms with van der Waals surface area (Å²) in [6, 6.07) is 4.48. The Morgan fingerprint density at radius 1 is 1.42 bits per heavy atom. The molecule has 0 aliphatic rings. The number of nitro benzene ring substituents is 1. The molecule has 7 nitrogen and oxygen atoms in total. The molecule has 0 fully saturated rings. The van der Waals surface area contributed by atoms with Crippen molar-refractivity contribution in [3.63, 3.8) is 0 Å². The molecule has 2 N–H and O–H groups in total. The zero-order valence-corrected chi connectivity index (χ0v) is 10.6. The summed E-state index contributed by atoms with van der Waals surface area (Å²) in [6.07, 6.45) is 3.33. The smallest absolute Gasteiger partial charge is 0.292 e. The fraction of sp³-hybridized carbons (Fsp3) is 0.250. The first kappa shape index (κ1) is 12.9. The molecule has 100 valence electrons. The van der Waals surface area contributed by atoms with Gasteiger partial charge in [0, 0.05) is 18.2 Å². The van der Waals surface area contributed by atoms with E-state index in [1.807, 2.05) is 13.8 Å². The first-order valence-corrected chi connectivity index (χ1v) is 5.73. The van der Waals surface area contributed by atoms with Crippen LogP contribution in [0.25, 0.3) is 0 Å². The van der Waals surface area contributed by atoms with Gasteiger partial charge in [0.1, 0.15) is 11.4 Å². The van der Waals surface area contributed by atoms with Gasteiger partial charge >= 0.3 is 0 Å². The zero-order valence-electron chi connectivity index (χ0n) is 10.6. The Morgan fingerprint density at radius 3 is 2.68 bits per heavy atom. The molecule has 2 rings (SSSR count). The van der Waals surface area contributed by atoms with Crippen LogP contribution in [0, 0.1) is 10.1 Å². The fourth-order valence-electron chi connectivity index (χ4n) is 1.55. The topological polar surface area (TPSA) is 96.2 Å². The molecule has 0 atom stereocenters. The minimum absolute atomic E-state index is 0.0683. The maximum absolute atomic E-state index is 10.6. The van der Waals surface area contributed by atoms with Crippen LogP contribution in [0.2, 0.25) is 0 Å². The summed E-state index contributed by atoms with van der Waals surface area (Å²) >= 11 is 0. The van der Waals surface area contributed by atoms with Crippen LogP contribution in [0.15, 0.2) is 30.6 Å². The molecule has 0 radical (unpaired) electrons. The van der Waals surface area contributed by atoms with Crippen molar-refractivity contribution in [1.29, 1.82) is 0 Å². The van der Waals surface area contributed by atoms with Crippen LogP contribution < -0.4 is 10.5 Å². The molecular formula is C12H14N4O3. The van der Waals surface area contributed by atoms with Gasteiger partial charge < -0.3 is 10.5 Å². The van der Waals surface area contributed by atoms with Crippen molar-refractivity contribution in [2.24, 2.45) is 0 Å². The lowest BCUT2D eigenvalue weighted by molar-refractivity contribution is -0.383. The van der Waals surface area contributed by atoms with Crippen LogP contribution in [0.4, 0.5) is 11.4 Å². The van der Waals surface area contributed by atoms with Gasteiger partial charge in [-0.15, -0.1) is 0 Å². The first-order chi connectivity index (χ1) is 8.97. The number of nitrogens with two attached hydrogens (primary N) is 1. The minimum atomic E-state index is -0.532. The highest BCUT2D eigenvalue weighted by Crippen LogP contribution is 2.29. The summed E-state index contributed by atoms with van der Waals surface area (Å²) in [5, 5.41) is 14.8. The van der Waals surface area contributed by atoms with Crippen molar-refractivity contribution in [1.82, 2.24) is 9.78 Å². The van der Waals surface area contributed by atoms with Crippen molar-refractivity contribution in [3.8, 4) is 11.5 Å². The number of rotatable bonds is 4. The lowest BCUT2D eigenvalue weighted by atomic mass is 10.2. The van der Waals surface area contributed by atoms with Gasteiger partial charge in [-0.2, -0.15) is 5.10 Å². The maximum Gasteiger partial charge on any atom is 0.292 e. The van der Waals surface area contributed by atoms with E-state index in [4.69, 9.17) is 10.5 Å². The standard InChI is InChI=1S/C12H14N4O3/c1-8(2)15-7-10(6-14-15)19-9-3-4-12(16(17)18)11(13)5-9/h3-8H,13H2,1-2H3. The van der Waals surface area contributed by atoms with E-state index in [-0.39, 0.29) is 17.4 Å². The van der Waals surface area contributed by atoms with Crippen LogP contribution in [0.1, 0.15) is 19.9 Å². The number of anilines is 1. The highest BCUT2D eigenvalue weighted by Gasteiger charge is 2.12. The van der Waals surface area contributed by atoms with E-state index in [1.165, 1.54) is 18.2 Å². The summed E-state index contributed by atoms with van der Waals surface area (Å²) in [6.45, 7) is 4.00. The number of ether oxygens (including phenoxy) is 1. The number of nitrogen functional groups attached to an aromatic ring is 1. The van der Waals surface area contributed by atoms with E-state index in [0.29, 0.717) is 11.5 Å². The van der Waals surface area contributed by atoms with E-state index in [1.54, 1.807) is 17.1 Å². The van der Waals surface area contributed by atoms with Crippen LogP contribution >= 0.6 is 0 Å². The molecule has 0 aliphatic heterocycles. The molecule has 0 saturated carbocycles. The average molecular weight is 262 g/mol. The second-order valence-corrected chi connectivity index (χ2v) is 4.33. The Balaban J connectivity index is 2.19. The highest BCUT2D eigenvalue weighted by molar-refractivity contribution is 5.61. The van der Waals surface area contributed by atoms with Gasteiger partial charge in [0.25, 0.3) is 5.69 Å². The van der Waals surface area contributed by atoms with Gasteiger partial charge in [0.15, 0.2) is 5.75 Å². The quantitative estimate of drug-likeness (QED) is 0.519. The molecular weight excluding hydrogens is 248 g/mol. The van der Waals surface area contributed by atoms with Crippen LogP contribution in [-0.2, 0) is 0 Å². The lowest BCUT2D eigenvalue weighted by Crippen LogP contribution is -1.99. The fourth-order valence-corrected chi connectivity index (χ4v) is 1.55. The van der Waals surface area contributed by atoms with Gasteiger partial charge in [0.05, 0.1) is 17.3 Å². The number of nitrogens with zero attached hydrogens (tertiary/aromatic N) is 3. The van der Waals surface area contributed by atoms with Crippen LogP contribution in [0.5, 0.6) is 11.5 Å². The van der Waals surface area contributed by atoms with Crippen molar-refractivity contribution >= 4 is 11.4 Å². The SMILES string of the molecule is CC(C)n1cc(Oc2ccc([N+](=O)[O-])c(N)c2)cn1. The van der Waals surface area contributed by atoms with Gasteiger partial charge in [0.2, 0.25) is 0 Å². The molecule has 1 aromatic heterocycles. The van der Waals surface area contributed by atoms with Gasteiger partial charge in [-0.1, -0.05) is 0 Å². The van der Waals surface area contributed by atoms with Crippen LogP contribution in [0.3, 0.4) is 0 Å². The minimum Gasteiger partial charge on any atom is -0.454 e. The molecule has 0 unspecified atom stereocenters. The molecule has 0 saturated heterocycles. The predicted molar refractivity (Wildman–Crippen MR) is 70.2 cm³/mol. The molecule has 0 aliphatic carbocycles. The van der Waals surface area contributed by atoms with Crippen molar-refractivity contribution in [3.05, 3.63) is 40.7 Å². The van der Waals surface area contributed by atoms with Gasteiger partial charge in [-0.25, -0.2) is 0 Å². The number of benzene rings is 1. The third kappa shape index (κ3) is 2.82. The Kier molecular flexibility index (Phi) is 3.37. The van der Waals surface area contributed by atoms with Gasteiger partial charge in [-0.3, -0.25) is 14.8 Å². The third-order valence-corrected chi connectivity index (χ3v) is 2.54.